The maximum absolute atomic E-state index is 12.1. The van der Waals surface area contributed by atoms with E-state index in [2.05, 4.69) is 9.97 Å². The van der Waals surface area contributed by atoms with Gasteiger partial charge in [0.15, 0.2) is 0 Å². The average molecular weight is 331 g/mol. The highest BCUT2D eigenvalue weighted by atomic mass is 16.3. The number of hydrogen-bond acceptors (Lipinski definition) is 6. The zero-order valence-corrected chi connectivity index (χ0v) is 13.5. The zero-order chi connectivity index (χ0) is 17.3. The summed E-state index contributed by atoms with van der Waals surface area (Å²) in [5, 5.41) is 29.3. The molecule has 128 valence electrons. The van der Waals surface area contributed by atoms with Crippen LogP contribution in [0.3, 0.4) is 0 Å². The highest BCUT2D eigenvalue weighted by Gasteiger charge is 2.23. The van der Waals surface area contributed by atoms with Gasteiger partial charge in [-0.1, -0.05) is 6.92 Å². The number of aromatic amines is 1. The van der Waals surface area contributed by atoms with E-state index in [1.807, 2.05) is 11.8 Å². The predicted molar refractivity (Wildman–Crippen MR) is 88.1 cm³/mol. The molecule has 0 fully saturated rings. The van der Waals surface area contributed by atoms with Gasteiger partial charge in [-0.3, -0.25) is 9.69 Å². The Morgan fingerprint density at radius 2 is 1.96 bits per heavy atom. The van der Waals surface area contributed by atoms with Crippen molar-refractivity contribution in [3.8, 4) is 17.2 Å². The number of H-pyrrole nitrogens is 1. The Kier molecular flexibility index (Phi) is 4.44. The summed E-state index contributed by atoms with van der Waals surface area (Å²) in [5.41, 5.74) is 1.75. The second-order valence-corrected chi connectivity index (χ2v) is 6.11. The van der Waals surface area contributed by atoms with E-state index in [4.69, 9.17) is 0 Å². The highest BCUT2D eigenvalue weighted by molar-refractivity contribution is 5.48. The Bertz CT molecular complexity index is 793. The minimum atomic E-state index is -0.185. The van der Waals surface area contributed by atoms with E-state index in [1.54, 1.807) is 0 Å². The molecule has 7 nitrogen and oxygen atoms in total. The average Bonchev–Trinajstić information content (AvgIpc) is 2.51. The Hall–Kier alpha value is -2.54. The van der Waals surface area contributed by atoms with E-state index in [0.29, 0.717) is 43.0 Å². The predicted octanol–water partition coefficient (Wildman–Crippen LogP) is 1.40. The molecule has 3 rings (SSSR count). The van der Waals surface area contributed by atoms with Gasteiger partial charge in [0.2, 0.25) is 0 Å². The maximum Gasteiger partial charge on any atom is 0.254 e. The number of fused-ring (bicyclic) bond motifs is 1. The highest BCUT2D eigenvalue weighted by Crippen LogP contribution is 2.33. The molecule has 0 unspecified atom stereocenters. The van der Waals surface area contributed by atoms with E-state index < -0.39 is 0 Å². The topological polar surface area (TPSA) is 110 Å². The first kappa shape index (κ1) is 16.3. The van der Waals surface area contributed by atoms with Gasteiger partial charge >= 0.3 is 0 Å². The van der Waals surface area contributed by atoms with Crippen LogP contribution in [0.25, 0.3) is 0 Å². The number of aryl methyl sites for hydroxylation is 1. The molecule has 0 radical (unpaired) electrons. The number of phenols is 3. The van der Waals surface area contributed by atoms with Crippen molar-refractivity contribution in [3.63, 3.8) is 0 Å². The Labute approximate surface area is 139 Å². The van der Waals surface area contributed by atoms with Gasteiger partial charge < -0.3 is 20.3 Å². The van der Waals surface area contributed by atoms with Crippen molar-refractivity contribution >= 4 is 0 Å². The summed E-state index contributed by atoms with van der Waals surface area (Å²) >= 11 is 0. The van der Waals surface area contributed by atoms with Crippen molar-refractivity contribution < 1.29 is 15.3 Å². The molecule has 1 aromatic carbocycles. The summed E-state index contributed by atoms with van der Waals surface area (Å²) in [6.45, 7) is 3.46. The third kappa shape index (κ3) is 3.21. The molecule has 1 aliphatic heterocycles. The number of aromatic hydroxyl groups is 3. The first-order valence-corrected chi connectivity index (χ1v) is 8.05. The van der Waals surface area contributed by atoms with Crippen LogP contribution in [0.5, 0.6) is 17.2 Å². The minimum Gasteiger partial charge on any atom is -0.508 e. The third-order valence-electron chi connectivity index (χ3n) is 4.26. The fourth-order valence-electron chi connectivity index (χ4n) is 3.05. The molecule has 0 spiro atoms. The lowest BCUT2D eigenvalue weighted by Crippen LogP contribution is -2.35. The maximum atomic E-state index is 12.1. The second kappa shape index (κ2) is 6.52. The number of nitrogens with zero attached hydrogens (tertiary/aromatic N) is 2. The minimum absolute atomic E-state index is 0.0709. The molecular weight excluding hydrogens is 310 g/mol. The van der Waals surface area contributed by atoms with Gasteiger partial charge in [-0.25, -0.2) is 4.98 Å². The number of phenolic OH excluding ortho intramolecular Hbond substituents is 3. The molecule has 0 saturated heterocycles. The van der Waals surface area contributed by atoms with E-state index in [9.17, 15) is 20.1 Å². The fourth-order valence-corrected chi connectivity index (χ4v) is 3.05. The molecule has 0 atom stereocenters. The monoisotopic (exact) mass is 331 g/mol. The number of hydrogen-bond donors (Lipinski definition) is 4. The Morgan fingerprint density at radius 3 is 2.62 bits per heavy atom. The summed E-state index contributed by atoms with van der Waals surface area (Å²) in [6.07, 6.45) is 2.20. The van der Waals surface area contributed by atoms with Crippen LogP contribution in [0.1, 0.15) is 36.0 Å². The summed E-state index contributed by atoms with van der Waals surface area (Å²) in [7, 11) is 0. The molecule has 24 heavy (non-hydrogen) atoms. The molecule has 2 aromatic rings. The summed E-state index contributed by atoms with van der Waals surface area (Å²) in [5.74, 6) is 0.209. The van der Waals surface area contributed by atoms with Gasteiger partial charge in [0.1, 0.15) is 23.1 Å². The molecule has 0 bridgehead atoms. The van der Waals surface area contributed by atoms with E-state index in [1.165, 1.54) is 12.1 Å². The van der Waals surface area contributed by atoms with Gasteiger partial charge in [0.25, 0.3) is 5.56 Å². The molecule has 0 amide bonds. The van der Waals surface area contributed by atoms with Crippen LogP contribution in [-0.4, -0.2) is 36.7 Å². The zero-order valence-electron chi connectivity index (χ0n) is 13.5. The number of aromatic nitrogens is 2. The Morgan fingerprint density at radius 1 is 1.25 bits per heavy atom. The number of rotatable bonds is 4. The summed E-state index contributed by atoms with van der Waals surface area (Å²) in [6, 6.07) is 2.41. The van der Waals surface area contributed by atoms with Crippen LogP contribution in [0.15, 0.2) is 16.9 Å². The first-order valence-electron chi connectivity index (χ1n) is 8.05. The van der Waals surface area contributed by atoms with Gasteiger partial charge in [-0.05, 0) is 12.8 Å². The van der Waals surface area contributed by atoms with Crippen molar-refractivity contribution in [2.45, 2.75) is 39.3 Å². The molecule has 2 heterocycles. The van der Waals surface area contributed by atoms with Crippen LogP contribution in [-0.2, 0) is 25.9 Å². The first-order chi connectivity index (χ1) is 11.5. The largest absolute Gasteiger partial charge is 0.508 e. The third-order valence-corrected chi connectivity index (χ3v) is 4.26. The molecular formula is C17H21N3O4. The van der Waals surface area contributed by atoms with E-state index >= 15 is 0 Å². The molecule has 4 N–H and O–H groups in total. The second-order valence-electron chi connectivity index (χ2n) is 6.11. The molecule has 1 aliphatic rings. The molecule has 1 aromatic heterocycles. The summed E-state index contributed by atoms with van der Waals surface area (Å²) < 4.78 is 0. The van der Waals surface area contributed by atoms with Crippen molar-refractivity contribution in [1.82, 2.24) is 14.9 Å². The van der Waals surface area contributed by atoms with Gasteiger partial charge in [0, 0.05) is 49.3 Å². The Balaban J connectivity index is 1.84. The van der Waals surface area contributed by atoms with Gasteiger partial charge in [0.05, 0.1) is 5.69 Å². The van der Waals surface area contributed by atoms with Gasteiger partial charge in [-0.2, -0.15) is 0 Å². The van der Waals surface area contributed by atoms with Crippen LogP contribution >= 0.6 is 0 Å². The van der Waals surface area contributed by atoms with Crippen molar-refractivity contribution in [2.75, 3.05) is 6.54 Å². The lowest BCUT2D eigenvalue weighted by atomic mass is 10.0. The van der Waals surface area contributed by atoms with Crippen LogP contribution in [0.2, 0.25) is 0 Å². The van der Waals surface area contributed by atoms with Crippen molar-refractivity contribution in [1.29, 1.82) is 0 Å². The molecule has 0 aliphatic carbocycles. The normalized spacial score (nSPS) is 14.5. The lowest BCUT2D eigenvalue weighted by Gasteiger charge is -2.28. The van der Waals surface area contributed by atoms with E-state index in [-0.39, 0.29) is 22.8 Å². The van der Waals surface area contributed by atoms with Crippen LogP contribution < -0.4 is 5.56 Å². The van der Waals surface area contributed by atoms with Crippen LogP contribution in [0, 0.1) is 0 Å². The fraction of sp³-hybridized carbons (Fsp3) is 0.412. The molecule has 0 saturated carbocycles. The van der Waals surface area contributed by atoms with Crippen LogP contribution in [0.4, 0.5) is 0 Å². The van der Waals surface area contributed by atoms with Gasteiger partial charge in [-0.15, -0.1) is 0 Å². The number of nitrogens with one attached hydrogen (secondary N) is 1. The smallest absolute Gasteiger partial charge is 0.254 e. The van der Waals surface area contributed by atoms with Crippen molar-refractivity contribution in [3.05, 3.63) is 45.1 Å². The van der Waals surface area contributed by atoms with Crippen molar-refractivity contribution in [2.24, 2.45) is 0 Å². The summed E-state index contributed by atoms with van der Waals surface area (Å²) in [4.78, 5) is 21.5. The number of benzene rings is 1. The standard InChI is InChI=1S/C17H21N3O4/c1-2-3-16-18-13-9-20(5-4-11(13)17(24)19-16)8-12-14(22)6-10(21)7-15(12)23/h6-7,21-23H,2-5,8-9H2,1H3,(H,18,19,24). The SMILES string of the molecule is CCCc1nc2c(c(=O)[nH]1)CCN(Cc1c(O)cc(O)cc1O)C2. The lowest BCUT2D eigenvalue weighted by molar-refractivity contribution is 0.233. The molecule has 7 heteroatoms. The van der Waals surface area contributed by atoms with E-state index in [0.717, 1.165) is 18.5 Å². The quantitative estimate of drug-likeness (QED) is 0.674.